The van der Waals surface area contributed by atoms with E-state index in [9.17, 15) is 4.79 Å². The van der Waals surface area contributed by atoms with Crippen LogP contribution in [-0.2, 0) is 0 Å². The molecule has 7 heteroatoms. The first-order valence-electron chi connectivity index (χ1n) is 8.68. The lowest BCUT2D eigenvalue weighted by molar-refractivity contribution is 0.102. The molecule has 144 valence electrons. The second-order valence-corrected chi connectivity index (χ2v) is 6.95. The standard InChI is InChI=1S/C21H21ClN4O2/c1-12-5-13(2)7-15(6-12)25-21(27)18-10-24-20(11-23-18)26-17-8-14(3)16(22)9-19(17)28-4/h5-11H,1-4H3,(H,24,26)(H,25,27). The molecular formula is C21H21ClN4O2. The molecule has 0 saturated carbocycles. The van der Waals surface area contributed by atoms with Gasteiger partial charge in [0.1, 0.15) is 17.3 Å². The van der Waals surface area contributed by atoms with E-state index in [1.807, 2.05) is 45.0 Å². The highest BCUT2D eigenvalue weighted by molar-refractivity contribution is 6.31. The van der Waals surface area contributed by atoms with Gasteiger partial charge in [0.15, 0.2) is 0 Å². The fourth-order valence-electron chi connectivity index (χ4n) is 2.82. The van der Waals surface area contributed by atoms with Crippen molar-refractivity contribution >= 4 is 34.7 Å². The van der Waals surface area contributed by atoms with E-state index in [2.05, 4.69) is 20.6 Å². The van der Waals surface area contributed by atoms with Crippen LogP contribution in [0.25, 0.3) is 0 Å². The van der Waals surface area contributed by atoms with Crippen LogP contribution in [0.2, 0.25) is 5.02 Å². The third kappa shape index (κ3) is 4.58. The Balaban J connectivity index is 1.75. The van der Waals surface area contributed by atoms with Gasteiger partial charge in [0.05, 0.1) is 25.2 Å². The molecule has 3 rings (SSSR count). The fourth-order valence-corrected chi connectivity index (χ4v) is 2.97. The zero-order valence-corrected chi connectivity index (χ0v) is 16.9. The lowest BCUT2D eigenvalue weighted by Crippen LogP contribution is -2.14. The first-order chi connectivity index (χ1) is 13.4. The number of ether oxygens (including phenoxy) is 1. The van der Waals surface area contributed by atoms with Crippen LogP contribution in [0.15, 0.2) is 42.7 Å². The minimum absolute atomic E-state index is 0.226. The number of rotatable bonds is 5. The van der Waals surface area contributed by atoms with Crippen LogP contribution in [0.1, 0.15) is 27.2 Å². The lowest BCUT2D eigenvalue weighted by atomic mass is 10.1. The predicted octanol–water partition coefficient (Wildman–Crippen LogP) is 5.06. The highest BCUT2D eigenvalue weighted by atomic mass is 35.5. The molecular weight excluding hydrogens is 376 g/mol. The minimum Gasteiger partial charge on any atom is -0.495 e. The van der Waals surface area contributed by atoms with Crippen LogP contribution in [-0.4, -0.2) is 23.0 Å². The molecule has 1 amide bonds. The van der Waals surface area contributed by atoms with Crippen molar-refractivity contribution in [3.05, 3.63) is 70.1 Å². The normalized spacial score (nSPS) is 10.5. The van der Waals surface area contributed by atoms with Crippen molar-refractivity contribution in [1.82, 2.24) is 9.97 Å². The van der Waals surface area contributed by atoms with E-state index in [1.54, 1.807) is 13.2 Å². The number of carbonyl (C=O) groups excluding carboxylic acids is 1. The molecule has 2 N–H and O–H groups in total. The van der Waals surface area contributed by atoms with Gasteiger partial charge in [0.2, 0.25) is 0 Å². The summed E-state index contributed by atoms with van der Waals surface area (Å²) in [5.41, 5.74) is 4.73. The maximum absolute atomic E-state index is 12.4. The molecule has 0 radical (unpaired) electrons. The Kier molecular flexibility index (Phi) is 5.80. The van der Waals surface area contributed by atoms with E-state index in [0.29, 0.717) is 22.3 Å². The molecule has 28 heavy (non-hydrogen) atoms. The number of hydrogen-bond acceptors (Lipinski definition) is 5. The molecule has 2 aromatic carbocycles. The van der Waals surface area contributed by atoms with Crippen LogP contribution in [0.4, 0.5) is 17.2 Å². The van der Waals surface area contributed by atoms with Gasteiger partial charge in [-0.3, -0.25) is 4.79 Å². The van der Waals surface area contributed by atoms with Crippen LogP contribution in [0, 0.1) is 20.8 Å². The van der Waals surface area contributed by atoms with E-state index in [1.165, 1.54) is 12.4 Å². The van der Waals surface area contributed by atoms with Gasteiger partial charge in [0, 0.05) is 16.8 Å². The quantitative estimate of drug-likeness (QED) is 0.630. The molecule has 0 aliphatic carbocycles. The molecule has 0 bridgehead atoms. The molecule has 0 aliphatic heterocycles. The molecule has 1 heterocycles. The average Bonchev–Trinajstić information content (AvgIpc) is 2.64. The molecule has 3 aromatic rings. The number of aryl methyl sites for hydroxylation is 3. The highest BCUT2D eigenvalue weighted by Gasteiger charge is 2.11. The van der Waals surface area contributed by atoms with Gasteiger partial charge in [0.25, 0.3) is 5.91 Å². The molecule has 0 unspecified atom stereocenters. The Labute approximate surface area is 168 Å². The second-order valence-electron chi connectivity index (χ2n) is 6.54. The second kappa shape index (κ2) is 8.27. The van der Waals surface area contributed by atoms with Crippen LogP contribution in [0.3, 0.4) is 0 Å². The van der Waals surface area contributed by atoms with Gasteiger partial charge in [-0.1, -0.05) is 17.7 Å². The van der Waals surface area contributed by atoms with E-state index in [0.717, 1.165) is 22.4 Å². The van der Waals surface area contributed by atoms with Crippen molar-refractivity contribution in [2.24, 2.45) is 0 Å². The molecule has 1 aromatic heterocycles. The van der Waals surface area contributed by atoms with Crippen LogP contribution in [0.5, 0.6) is 5.75 Å². The van der Waals surface area contributed by atoms with Crippen molar-refractivity contribution in [1.29, 1.82) is 0 Å². The Morgan fingerprint density at radius 2 is 1.71 bits per heavy atom. The number of benzene rings is 2. The van der Waals surface area contributed by atoms with Crippen LogP contribution < -0.4 is 15.4 Å². The number of nitrogens with zero attached hydrogens (tertiary/aromatic N) is 2. The van der Waals surface area contributed by atoms with Crippen molar-refractivity contribution in [2.75, 3.05) is 17.7 Å². The Morgan fingerprint density at radius 1 is 1.00 bits per heavy atom. The monoisotopic (exact) mass is 396 g/mol. The first-order valence-corrected chi connectivity index (χ1v) is 9.06. The number of halogens is 1. The fraction of sp³-hybridized carbons (Fsp3) is 0.190. The number of anilines is 3. The SMILES string of the molecule is COc1cc(Cl)c(C)cc1Nc1cnc(C(=O)Nc2cc(C)cc(C)c2)cn1. The zero-order valence-electron chi connectivity index (χ0n) is 16.1. The van der Waals surface area contributed by atoms with Gasteiger partial charge in [-0.05, 0) is 55.7 Å². The summed E-state index contributed by atoms with van der Waals surface area (Å²) in [4.78, 5) is 20.9. The largest absolute Gasteiger partial charge is 0.495 e. The van der Waals surface area contributed by atoms with Gasteiger partial charge in [-0.15, -0.1) is 0 Å². The first kappa shape index (κ1) is 19.6. The summed E-state index contributed by atoms with van der Waals surface area (Å²) in [6, 6.07) is 9.46. The summed E-state index contributed by atoms with van der Waals surface area (Å²) in [5.74, 6) is 0.765. The molecule has 6 nitrogen and oxygen atoms in total. The molecule has 0 spiro atoms. The summed E-state index contributed by atoms with van der Waals surface area (Å²) >= 11 is 6.13. The predicted molar refractivity (Wildman–Crippen MR) is 112 cm³/mol. The Morgan fingerprint density at radius 3 is 2.32 bits per heavy atom. The van der Waals surface area contributed by atoms with E-state index in [-0.39, 0.29) is 11.6 Å². The number of amides is 1. The van der Waals surface area contributed by atoms with Crippen molar-refractivity contribution in [3.8, 4) is 5.75 Å². The summed E-state index contributed by atoms with van der Waals surface area (Å²) in [6.07, 6.45) is 2.93. The smallest absolute Gasteiger partial charge is 0.275 e. The third-order valence-electron chi connectivity index (χ3n) is 4.11. The summed E-state index contributed by atoms with van der Waals surface area (Å²) < 4.78 is 5.34. The lowest BCUT2D eigenvalue weighted by Gasteiger charge is -2.12. The zero-order chi connectivity index (χ0) is 20.3. The van der Waals surface area contributed by atoms with Crippen LogP contribution >= 0.6 is 11.6 Å². The highest BCUT2D eigenvalue weighted by Crippen LogP contribution is 2.32. The van der Waals surface area contributed by atoms with Gasteiger partial charge in [-0.25, -0.2) is 9.97 Å². The Hall–Kier alpha value is -3.12. The number of nitrogens with one attached hydrogen (secondary N) is 2. The van der Waals surface area contributed by atoms with Gasteiger partial charge < -0.3 is 15.4 Å². The number of aromatic nitrogens is 2. The van der Waals surface area contributed by atoms with E-state index < -0.39 is 0 Å². The van der Waals surface area contributed by atoms with Gasteiger partial charge >= 0.3 is 0 Å². The van der Waals surface area contributed by atoms with Crippen molar-refractivity contribution < 1.29 is 9.53 Å². The van der Waals surface area contributed by atoms with Crippen molar-refractivity contribution in [3.63, 3.8) is 0 Å². The number of hydrogen-bond donors (Lipinski definition) is 2. The van der Waals surface area contributed by atoms with Crippen molar-refractivity contribution in [2.45, 2.75) is 20.8 Å². The summed E-state index contributed by atoms with van der Waals surface area (Å²) in [6.45, 7) is 5.87. The topological polar surface area (TPSA) is 76.1 Å². The number of carbonyl (C=O) groups is 1. The summed E-state index contributed by atoms with van der Waals surface area (Å²) in [5, 5.41) is 6.60. The third-order valence-corrected chi connectivity index (χ3v) is 4.51. The maximum atomic E-state index is 12.4. The summed E-state index contributed by atoms with van der Waals surface area (Å²) in [7, 11) is 1.57. The minimum atomic E-state index is -0.316. The van der Waals surface area contributed by atoms with E-state index in [4.69, 9.17) is 16.3 Å². The number of methoxy groups -OCH3 is 1. The molecule has 0 saturated heterocycles. The maximum Gasteiger partial charge on any atom is 0.275 e. The molecule has 0 aliphatic rings. The van der Waals surface area contributed by atoms with Gasteiger partial charge in [-0.2, -0.15) is 0 Å². The molecule has 0 fully saturated rings. The average molecular weight is 397 g/mol. The Bertz CT molecular complexity index is 999. The molecule has 0 atom stereocenters. The van der Waals surface area contributed by atoms with E-state index >= 15 is 0 Å².